The smallest absolute Gasteiger partial charge is 0.272 e. The van der Waals surface area contributed by atoms with Crippen LogP contribution in [0, 0.1) is 0 Å². The zero-order valence-corrected chi connectivity index (χ0v) is 12.3. The second-order valence-corrected chi connectivity index (χ2v) is 6.03. The fraction of sp³-hybridized carbons (Fsp3) is 0.0714. The number of aryl methyl sites for hydroxylation is 1. The Kier molecular flexibility index (Phi) is 3.58. The van der Waals surface area contributed by atoms with Gasteiger partial charge < -0.3 is 4.57 Å². The standard InChI is InChI=1S/C14H11N3OS2/c1-17-8-9-19-14(17)16-12(18)6-7-13-15-10-4-2-3-5-11(10)20-13/h2-9H,1H3. The average Bonchev–Trinajstić information content (AvgIpc) is 3.03. The summed E-state index contributed by atoms with van der Waals surface area (Å²) < 4.78 is 2.93. The molecule has 0 fully saturated rings. The molecule has 0 bridgehead atoms. The monoisotopic (exact) mass is 301 g/mol. The normalized spacial score (nSPS) is 12.6. The molecule has 6 heteroatoms. The van der Waals surface area contributed by atoms with Crippen molar-refractivity contribution < 1.29 is 4.79 Å². The molecule has 0 saturated carbocycles. The van der Waals surface area contributed by atoms with Gasteiger partial charge in [0.1, 0.15) is 5.01 Å². The molecule has 3 aromatic rings. The Balaban J connectivity index is 1.83. The molecule has 3 rings (SSSR count). The summed E-state index contributed by atoms with van der Waals surface area (Å²) >= 11 is 2.99. The molecule has 0 unspecified atom stereocenters. The molecular formula is C14H11N3OS2. The molecule has 0 atom stereocenters. The molecule has 1 aromatic carbocycles. The van der Waals surface area contributed by atoms with Crippen LogP contribution in [0.15, 0.2) is 46.9 Å². The van der Waals surface area contributed by atoms with Gasteiger partial charge in [-0.2, -0.15) is 4.99 Å². The van der Waals surface area contributed by atoms with Gasteiger partial charge in [0, 0.05) is 24.7 Å². The number of carbonyl (C=O) groups excluding carboxylic acids is 1. The van der Waals surface area contributed by atoms with Crippen molar-refractivity contribution in [2.24, 2.45) is 12.0 Å². The first-order valence-electron chi connectivity index (χ1n) is 5.95. The molecule has 0 aliphatic heterocycles. The first kappa shape index (κ1) is 13.0. The molecule has 2 heterocycles. The molecule has 100 valence electrons. The number of hydrogen-bond donors (Lipinski definition) is 0. The lowest BCUT2D eigenvalue weighted by Crippen LogP contribution is -2.11. The Bertz CT molecular complexity index is 821. The van der Waals surface area contributed by atoms with E-state index in [0.29, 0.717) is 4.80 Å². The SMILES string of the molecule is Cn1ccsc1=NC(=O)C=Cc1nc2ccccc2s1. The fourth-order valence-electron chi connectivity index (χ4n) is 1.67. The van der Waals surface area contributed by atoms with Gasteiger partial charge in [-0.05, 0) is 18.2 Å². The van der Waals surface area contributed by atoms with Crippen LogP contribution in [0.5, 0.6) is 0 Å². The van der Waals surface area contributed by atoms with Gasteiger partial charge in [0.05, 0.1) is 10.2 Å². The van der Waals surface area contributed by atoms with E-state index in [1.807, 2.05) is 47.5 Å². The van der Waals surface area contributed by atoms with Gasteiger partial charge in [0.25, 0.3) is 5.91 Å². The minimum atomic E-state index is -0.276. The van der Waals surface area contributed by atoms with Crippen molar-refractivity contribution in [1.29, 1.82) is 0 Å². The van der Waals surface area contributed by atoms with Crippen molar-refractivity contribution in [2.75, 3.05) is 0 Å². The molecule has 0 N–H and O–H groups in total. The summed E-state index contributed by atoms with van der Waals surface area (Å²) in [6.45, 7) is 0. The number of rotatable bonds is 2. The first-order chi connectivity index (χ1) is 9.72. The highest BCUT2D eigenvalue weighted by atomic mass is 32.1. The van der Waals surface area contributed by atoms with Gasteiger partial charge in [0.15, 0.2) is 4.80 Å². The number of carbonyl (C=O) groups is 1. The van der Waals surface area contributed by atoms with Crippen molar-refractivity contribution in [3.63, 3.8) is 0 Å². The van der Waals surface area contributed by atoms with Gasteiger partial charge in [-0.25, -0.2) is 4.98 Å². The van der Waals surface area contributed by atoms with Crippen LogP contribution in [0.4, 0.5) is 0 Å². The number of thiazole rings is 2. The molecule has 0 aliphatic carbocycles. The van der Waals surface area contributed by atoms with E-state index in [9.17, 15) is 4.79 Å². The zero-order chi connectivity index (χ0) is 13.9. The van der Waals surface area contributed by atoms with Crippen LogP contribution in [0.25, 0.3) is 16.3 Å². The molecule has 0 spiro atoms. The van der Waals surface area contributed by atoms with Crippen LogP contribution in [-0.4, -0.2) is 15.5 Å². The van der Waals surface area contributed by atoms with E-state index in [-0.39, 0.29) is 5.91 Å². The lowest BCUT2D eigenvalue weighted by atomic mass is 10.3. The third-order valence-corrected chi connectivity index (χ3v) is 4.49. The number of benzene rings is 1. The molecule has 4 nitrogen and oxygen atoms in total. The predicted octanol–water partition coefficient (Wildman–Crippen LogP) is 2.84. The average molecular weight is 301 g/mol. The molecule has 0 radical (unpaired) electrons. The number of para-hydroxylation sites is 1. The Hall–Kier alpha value is -2.05. The third-order valence-electron chi connectivity index (χ3n) is 2.64. The molecule has 0 saturated heterocycles. The summed E-state index contributed by atoms with van der Waals surface area (Å²) in [6, 6.07) is 7.90. The maximum Gasteiger partial charge on any atom is 0.272 e. The van der Waals surface area contributed by atoms with Gasteiger partial charge in [-0.15, -0.1) is 22.7 Å². The van der Waals surface area contributed by atoms with Gasteiger partial charge in [0.2, 0.25) is 0 Å². The van der Waals surface area contributed by atoms with Crippen molar-refractivity contribution in [3.8, 4) is 0 Å². The molecular weight excluding hydrogens is 290 g/mol. The Morgan fingerprint density at radius 2 is 2.25 bits per heavy atom. The maximum atomic E-state index is 11.8. The van der Waals surface area contributed by atoms with Crippen molar-refractivity contribution in [3.05, 3.63) is 51.7 Å². The number of amides is 1. The molecule has 20 heavy (non-hydrogen) atoms. The van der Waals surface area contributed by atoms with Gasteiger partial charge in [-0.3, -0.25) is 4.79 Å². The highest BCUT2D eigenvalue weighted by Gasteiger charge is 2.00. The number of nitrogens with zero attached hydrogens (tertiary/aromatic N) is 3. The van der Waals surface area contributed by atoms with Crippen LogP contribution < -0.4 is 4.80 Å². The van der Waals surface area contributed by atoms with E-state index in [1.165, 1.54) is 17.4 Å². The van der Waals surface area contributed by atoms with Crippen molar-refractivity contribution in [1.82, 2.24) is 9.55 Å². The van der Waals surface area contributed by atoms with Crippen molar-refractivity contribution in [2.45, 2.75) is 0 Å². The second kappa shape index (κ2) is 5.52. The van der Waals surface area contributed by atoms with Crippen LogP contribution >= 0.6 is 22.7 Å². The largest absolute Gasteiger partial charge is 0.327 e. The summed E-state index contributed by atoms with van der Waals surface area (Å²) in [5.74, 6) is -0.276. The summed E-state index contributed by atoms with van der Waals surface area (Å²) in [7, 11) is 1.86. The van der Waals surface area contributed by atoms with E-state index >= 15 is 0 Å². The Morgan fingerprint density at radius 1 is 1.40 bits per heavy atom. The fourth-order valence-corrected chi connectivity index (χ4v) is 3.28. The van der Waals surface area contributed by atoms with E-state index in [0.717, 1.165) is 15.2 Å². The Labute approximate surface area is 123 Å². The summed E-state index contributed by atoms with van der Waals surface area (Å²) in [4.78, 5) is 20.9. The highest BCUT2D eigenvalue weighted by molar-refractivity contribution is 7.19. The lowest BCUT2D eigenvalue weighted by Gasteiger charge is -1.87. The molecule has 1 amide bonds. The number of aromatic nitrogens is 2. The summed E-state index contributed by atoms with van der Waals surface area (Å²) in [6.07, 6.45) is 5.04. The zero-order valence-electron chi connectivity index (χ0n) is 10.7. The van der Waals surface area contributed by atoms with Crippen LogP contribution in [0.3, 0.4) is 0 Å². The van der Waals surface area contributed by atoms with Gasteiger partial charge >= 0.3 is 0 Å². The van der Waals surface area contributed by atoms with E-state index in [4.69, 9.17) is 0 Å². The highest BCUT2D eigenvalue weighted by Crippen LogP contribution is 2.22. The van der Waals surface area contributed by atoms with Crippen LogP contribution in [-0.2, 0) is 11.8 Å². The topological polar surface area (TPSA) is 47.2 Å². The van der Waals surface area contributed by atoms with Gasteiger partial charge in [-0.1, -0.05) is 12.1 Å². The predicted molar refractivity (Wildman–Crippen MR) is 82.5 cm³/mol. The minimum absolute atomic E-state index is 0.276. The van der Waals surface area contributed by atoms with E-state index in [1.54, 1.807) is 17.4 Å². The summed E-state index contributed by atoms with van der Waals surface area (Å²) in [5, 5.41) is 2.70. The molecule has 2 aromatic heterocycles. The lowest BCUT2D eigenvalue weighted by molar-refractivity contribution is -0.113. The van der Waals surface area contributed by atoms with Crippen LogP contribution in [0.2, 0.25) is 0 Å². The van der Waals surface area contributed by atoms with Crippen LogP contribution in [0.1, 0.15) is 5.01 Å². The Morgan fingerprint density at radius 3 is 3.00 bits per heavy atom. The van der Waals surface area contributed by atoms with Crippen molar-refractivity contribution >= 4 is 44.9 Å². The minimum Gasteiger partial charge on any atom is -0.327 e. The third kappa shape index (κ3) is 2.76. The first-order valence-corrected chi connectivity index (χ1v) is 7.64. The second-order valence-electron chi connectivity index (χ2n) is 4.10. The quantitative estimate of drug-likeness (QED) is 0.683. The maximum absolute atomic E-state index is 11.8. The number of fused-ring (bicyclic) bond motifs is 1. The van der Waals surface area contributed by atoms with E-state index < -0.39 is 0 Å². The van der Waals surface area contributed by atoms with E-state index in [2.05, 4.69) is 9.98 Å². The summed E-state index contributed by atoms with van der Waals surface area (Å²) in [5.41, 5.74) is 0.950. The molecule has 0 aliphatic rings. The number of hydrogen-bond acceptors (Lipinski definition) is 4.